The molecule has 0 bridgehead atoms. The van der Waals surface area contributed by atoms with Gasteiger partial charge in [0.2, 0.25) is 0 Å². The van der Waals surface area contributed by atoms with Gasteiger partial charge in [-0.25, -0.2) is 0 Å². The highest BCUT2D eigenvalue weighted by Crippen LogP contribution is 2.06. The molecule has 0 amide bonds. The van der Waals surface area contributed by atoms with Crippen molar-refractivity contribution in [1.29, 1.82) is 0 Å². The Bertz CT molecular complexity index is 104. The second-order valence-electron chi connectivity index (χ2n) is 1.72. The van der Waals surface area contributed by atoms with E-state index in [1.165, 1.54) is 0 Å². The largest absolute Gasteiger partial charge is 0.673 e. The van der Waals surface area contributed by atoms with Crippen molar-refractivity contribution in [1.82, 2.24) is 5.64 Å². The first-order valence-electron chi connectivity index (χ1n) is 3.49. The summed E-state index contributed by atoms with van der Waals surface area (Å²) in [5.74, 6) is 0. The fourth-order valence-electron chi connectivity index (χ4n) is 0.216. The first-order chi connectivity index (χ1) is 6.41. The van der Waals surface area contributed by atoms with Crippen LogP contribution in [0.2, 0.25) is 0 Å². The van der Waals surface area contributed by atoms with Crippen molar-refractivity contribution in [3.05, 3.63) is 0 Å². The van der Waals surface area contributed by atoms with Crippen LogP contribution in [0.1, 0.15) is 0 Å². The molecule has 0 saturated heterocycles. The lowest BCUT2D eigenvalue weighted by molar-refractivity contribution is -0.178. The van der Waals surface area contributed by atoms with Crippen molar-refractivity contribution in [3.8, 4) is 0 Å². The summed E-state index contributed by atoms with van der Waals surface area (Å²) in [6.07, 6.45) is 0. The fraction of sp³-hybridized carbons (Fsp3) is 1.00. The summed E-state index contributed by atoms with van der Waals surface area (Å²) in [7, 11) is -6.00. The smallest absolute Gasteiger partial charge is 0.418 e. The molecule has 3 N–H and O–H groups in total. The zero-order chi connectivity index (χ0) is 11.4. The first kappa shape index (κ1) is 16.0. The normalized spacial score (nSPS) is 10.7. The minimum absolute atomic E-state index is 0.0600. The number of aliphatic hydroxyl groups is 2. The third kappa shape index (κ3) is 41.6. The lowest BCUT2D eigenvalue weighted by Crippen LogP contribution is -2.19. The van der Waals surface area contributed by atoms with Gasteiger partial charge in [0, 0.05) is 0 Å². The second-order valence-corrected chi connectivity index (χ2v) is 1.72. The molecule has 0 rings (SSSR count). The van der Waals surface area contributed by atoms with E-state index < -0.39 is 7.25 Å². The summed E-state index contributed by atoms with van der Waals surface area (Å²) in [6, 6.07) is 0. The van der Waals surface area contributed by atoms with Crippen LogP contribution < -0.4 is 5.64 Å². The molecule has 0 atom stereocenters. The van der Waals surface area contributed by atoms with Crippen molar-refractivity contribution in [2.75, 3.05) is 26.4 Å². The number of hydrogen-bond acceptors (Lipinski definition) is 5. The highest BCUT2D eigenvalue weighted by Gasteiger charge is 2.20. The van der Waals surface area contributed by atoms with Gasteiger partial charge in [0.15, 0.2) is 0 Å². The average molecular weight is 224 g/mol. The van der Waals surface area contributed by atoms with Gasteiger partial charge < -0.3 is 27.5 Å². The monoisotopic (exact) mass is 224 g/mol. The van der Waals surface area contributed by atoms with Gasteiger partial charge in [-0.1, -0.05) is 5.64 Å². The minimum atomic E-state index is -6.00. The van der Waals surface area contributed by atoms with Crippen molar-refractivity contribution in [3.63, 3.8) is 0 Å². The summed E-state index contributed by atoms with van der Waals surface area (Å²) in [6.45, 7) is 0.224. The van der Waals surface area contributed by atoms with Gasteiger partial charge in [-0.15, -0.1) is 0 Å². The van der Waals surface area contributed by atoms with Gasteiger partial charge in [0.1, 0.15) is 0 Å². The van der Waals surface area contributed by atoms with E-state index in [-0.39, 0.29) is 26.4 Å². The maximum atomic E-state index is 9.75. The molecule has 0 aromatic carbocycles. The Morgan fingerprint density at radius 3 is 1.43 bits per heavy atom. The molecule has 0 aromatic rings. The highest BCUT2D eigenvalue weighted by molar-refractivity contribution is 6.50. The third-order valence-electron chi connectivity index (χ3n) is 0.505. The highest BCUT2D eigenvalue weighted by atomic mass is 19.5. The molecule has 0 aliphatic heterocycles. The topological polar surface area (TPSA) is 71.0 Å². The molecule has 0 saturated carbocycles. The number of rotatable bonds is 6. The number of hydrogen-bond donors (Lipinski definition) is 3. The Kier molecular flexibility index (Phi) is 12.2. The number of halogens is 4. The molecular weight excluding hydrogens is 213 g/mol. The molecule has 88 valence electrons. The predicted molar refractivity (Wildman–Crippen MR) is 39.4 cm³/mol. The van der Waals surface area contributed by atoms with Crippen molar-refractivity contribution in [2.24, 2.45) is 0 Å². The van der Waals surface area contributed by atoms with Crippen LogP contribution in [0.15, 0.2) is 0 Å². The molecule has 0 spiro atoms. The van der Waals surface area contributed by atoms with Gasteiger partial charge in [0.25, 0.3) is 0 Å². The summed E-state index contributed by atoms with van der Waals surface area (Å²) in [5, 5.41) is 16.3. The van der Waals surface area contributed by atoms with Crippen molar-refractivity contribution in [2.45, 2.75) is 0 Å². The predicted octanol–water partition coefficient (Wildman–Crippen LogP) is -0.276. The summed E-state index contributed by atoms with van der Waals surface area (Å²) < 4.78 is 39.0. The van der Waals surface area contributed by atoms with Gasteiger partial charge in [-0.3, -0.25) is 9.68 Å². The van der Waals surface area contributed by atoms with Crippen LogP contribution in [0.5, 0.6) is 0 Å². The van der Waals surface area contributed by atoms with E-state index in [0.717, 1.165) is 0 Å². The Labute approximate surface area is 77.6 Å². The molecule has 10 heteroatoms. The zero-order valence-electron chi connectivity index (χ0n) is 7.13. The Morgan fingerprint density at radius 1 is 0.929 bits per heavy atom. The zero-order valence-corrected chi connectivity index (χ0v) is 7.13. The van der Waals surface area contributed by atoms with Gasteiger partial charge in [-0.05, 0) is 0 Å². The first-order valence-corrected chi connectivity index (χ1v) is 3.49. The molecule has 0 heterocycles. The lowest BCUT2D eigenvalue weighted by Gasteiger charge is -2.01. The van der Waals surface area contributed by atoms with Crippen molar-refractivity contribution < 1.29 is 37.2 Å². The van der Waals surface area contributed by atoms with Crippen LogP contribution in [0.25, 0.3) is 0 Å². The van der Waals surface area contributed by atoms with Crippen LogP contribution in [0.4, 0.5) is 17.3 Å². The number of aliphatic hydroxyl groups excluding tert-OH is 2. The maximum Gasteiger partial charge on any atom is 0.673 e. The van der Waals surface area contributed by atoms with Crippen LogP contribution in [0.3, 0.4) is 0 Å². The van der Waals surface area contributed by atoms with Crippen LogP contribution in [0, 0.1) is 0 Å². The molecule has 0 radical (unpaired) electrons. The Morgan fingerprint density at radius 2 is 1.21 bits per heavy atom. The van der Waals surface area contributed by atoms with E-state index in [4.69, 9.17) is 10.2 Å². The van der Waals surface area contributed by atoms with E-state index in [1.54, 1.807) is 0 Å². The van der Waals surface area contributed by atoms with Gasteiger partial charge in [-0.2, -0.15) is 0 Å². The molecule has 5 nitrogen and oxygen atoms in total. The Balaban J connectivity index is 0. The molecule has 0 unspecified atom stereocenters. The molecule has 0 aliphatic carbocycles. The quantitative estimate of drug-likeness (QED) is 0.250. The maximum absolute atomic E-state index is 9.75. The Hall–Kier alpha value is -0.415. The molecule has 0 aliphatic rings. The minimum Gasteiger partial charge on any atom is -0.418 e. The lowest BCUT2D eigenvalue weighted by atomic mass is 10.3. The van der Waals surface area contributed by atoms with Gasteiger partial charge in [0.05, 0.1) is 26.4 Å². The molecule has 0 fully saturated rings. The van der Waals surface area contributed by atoms with Crippen LogP contribution in [-0.2, 0) is 9.68 Å². The van der Waals surface area contributed by atoms with E-state index in [2.05, 4.69) is 15.3 Å². The third-order valence-corrected chi connectivity index (χ3v) is 0.505. The van der Waals surface area contributed by atoms with Crippen LogP contribution in [-0.4, -0.2) is 43.9 Å². The summed E-state index contributed by atoms with van der Waals surface area (Å²) in [5.41, 5.74) is 2.07. The molecule has 14 heavy (non-hydrogen) atoms. The van der Waals surface area contributed by atoms with Crippen molar-refractivity contribution >= 4 is 7.25 Å². The summed E-state index contributed by atoms with van der Waals surface area (Å²) in [4.78, 5) is 8.90. The average Bonchev–Trinajstić information content (AvgIpc) is 2.01. The summed E-state index contributed by atoms with van der Waals surface area (Å²) >= 11 is 0. The van der Waals surface area contributed by atoms with E-state index in [0.29, 0.717) is 0 Å². The fourth-order valence-corrected chi connectivity index (χ4v) is 0.216. The molecular formula is C4H11BF4NO4-. The standard InChI is InChI=1S/C4H11NO4.BF4/c6-1-3-8-5-9-4-2-7;2-1(3,4)5/h5-7H,1-4H2;/q;-1. The van der Waals surface area contributed by atoms with E-state index in [9.17, 15) is 17.3 Å². The van der Waals surface area contributed by atoms with E-state index >= 15 is 0 Å². The number of nitrogens with one attached hydrogen (secondary N) is 1. The second kappa shape index (κ2) is 10.7. The van der Waals surface area contributed by atoms with Gasteiger partial charge >= 0.3 is 7.25 Å². The van der Waals surface area contributed by atoms with Crippen LogP contribution >= 0.6 is 0 Å². The molecule has 0 aromatic heterocycles. The van der Waals surface area contributed by atoms with E-state index in [1.807, 2.05) is 0 Å². The SMILES string of the molecule is F[B-](F)(F)F.OCCONOCCO.